The molecular formula is C17H26N2O5S. The van der Waals surface area contributed by atoms with Crippen LogP contribution in [0.4, 0.5) is 0 Å². The van der Waals surface area contributed by atoms with Crippen molar-refractivity contribution >= 4 is 15.9 Å². The molecule has 7 nitrogen and oxygen atoms in total. The summed E-state index contributed by atoms with van der Waals surface area (Å²) in [7, 11) is -0.766. The quantitative estimate of drug-likeness (QED) is 0.787. The number of nitrogens with zero attached hydrogens (tertiary/aromatic N) is 2. The van der Waals surface area contributed by atoms with Crippen LogP contribution in [0.3, 0.4) is 0 Å². The molecule has 1 aromatic rings. The average Bonchev–Trinajstić information content (AvgIpc) is 2.86. The maximum Gasteiger partial charge on any atom is 0.246 e. The summed E-state index contributed by atoms with van der Waals surface area (Å²) < 4.78 is 37.8. The molecule has 2 rings (SSSR count). The topological polar surface area (TPSA) is 76.2 Å². The highest BCUT2D eigenvalue weighted by Crippen LogP contribution is 2.31. The number of hydrogen-bond acceptors (Lipinski definition) is 5. The molecule has 1 amide bonds. The predicted molar refractivity (Wildman–Crippen MR) is 94.3 cm³/mol. The van der Waals surface area contributed by atoms with Crippen LogP contribution in [0.15, 0.2) is 23.1 Å². The summed E-state index contributed by atoms with van der Waals surface area (Å²) in [6, 6.07) is 4.65. The van der Waals surface area contributed by atoms with Gasteiger partial charge in [0, 0.05) is 38.2 Å². The highest BCUT2D eigenvalue weighted by molar-refractivity contribution is 7.89. The number of carbonyl (C=O) groups excluding carboxylic acids is 1. The van der Waals surface area contributed by atoms with Gasteiger partial charge in [0.15, 0.2) is 0 Å². The molecule has 0 bridgehead atoms. The molecule has 0 aliphatic carbocycles. The van der Waals surface area contributed by atoms with Gasteiger partial charge in [-0.25, -0.2) is 8.42 Å². The van der Waals surface area contributed by atoms with Gasteiger partial charge in [-0.1, -0.05) is 13.8 Å². The maximum absolute atomic E-state index is 13.0. The Labute approximate surface area is 149 Å². The number of ether oxygens (including phenoxy) is 2. The van der Waals surface area contributed by atoms with Gasteiger partial charge in [-0.3, -0.25) is 4.79 Å². The van der Waals surface area contributed by atoms with Gasteiger partial charge in [-0.05, 0) is 18.6 Å². The third-order valence-electron chi connectivity index (χ3n) is 4.25. The van der Waals surface area contributed by atoms with Crippen LogP contribution in [0.25, 0.3) is 0 Å². The Morgan fingerprint density at radius 1 is 1.08 bits per heavy atom. The second-order valence-corrected chi connectivity index (χ2v) is 8.16. The van der Waals surface area contributed by atoms with E-state index in [1.165, 1.54) is 24.6 Å². The molecule has 0 atom stereocenters. The number of sulfonamides is 1. The van der Waals surface area contributed by atoms with Gasteiger partial charge in [0.1, 0.15) is 16.4 Å². The van der Waals surface area contributed by atoms with Crippen molar-refractivity contribution < 1.29 is 22.7 Å². The minimum absolute atomic E-state index is 0.0567. The largest absolute Gasteiger partial charge is 0.497 e. The van der Waals surface area contributed by atoms with E-state index in [0.717, 1.165) is 0 Å². The molecule has 0 saturated carbocycles. The van der Waals surface area contributed by atoms with Gasteiger partial charge in [0.25, 0.3) is 0 Å². The van der Waals surface area contributed by atoms with Crippen molar-refractivity contribution in [3.05, 3.63) is 18.2 Å². The predicted octanol–water partition coefficient (Wildman–Crippen LogP) is 1.58. The van der Waals surface area contributed by atoms with E-state index in [1.807, 2.05) is 13.8 Å². The highest BCUT2D eigenvalue weighted by atomic mass is 32.2. The van der Waals surface area contributed by atoms with Crippen LogP contribution in [-0.4, -0.2) is 63.9 Å². The van der Waals surface area contributed by atoms with Gasteiger partial charge >= 0.3 is 0 Å². The lowest BCUT2D eigenvalue weighted by molar-refractivity contribution is -0.134. The van der Waals surface area contributed by atoms with Crippen LogP contribution >= 0.6 is 0 Å². The standard InChI is InChI=1S/C17H26N2O5S/c1-13(2)17(20)18-8-5-9-19(11-10-18)25(21,22)16-7-6-14(23-3)12-15(16)24-4/h6-7,12-13H,5,8-11H2,1-4H3. The first kappa shape index (κ1) is 19.5. The van der Waals surface area contributed by atoms with Crippen LogP contribution in [-0.2, 0) is 14.8 Å². The SMILES string of the molecule is COc1ccc(S(=O)(=O)N2CCCN(C(=O)C(C)C)CC2)c(OC)c1. The summed E-state index contributed by atoms with van der Waals surface area (Å²) in [5, 5.41) is 0. The van der Waals surface area contributed by atoms with Crippen molar-refractivity contribution in [3.63, 3.8) is 0 Å². The lowest BCUT2D eigenvalue weighted by Gasteiger charge is -2.23. The normalized spacial score (nSPS) is 16.6. The Morgan fingerprint density at radius 3 is 2.40 bits per heavy atom. The molecule has 0 aromatic heterocycles. The lowest BCUT2D eigenvalue weighted by atomic mass is 10.2. The molecule has 1 saturated heterocycles. The summed E-state index contributed by atoms with van der Waals surface area (Å²) in [4.78, 5) is 14.0. The number of hydrogen-bond donors (Lipinski definition) is 0. The van der Waals surface area contributed by atoms with E-state index < -0.39 is 10.0 Å². The number of rotatable bonds is 5. The fraction of sp³-hybridized carbons (Fsp3) is 0.588. The molecule has 140 valence electrons. The zero-order valence-electron chi connectivity index (χ0n) is 15.2. The van der Waals surface area contributed by atoms with Crippen molar-refractivity contribution in [1.82, 2.24) is 9.21 Å². The second kappa shape index (κ2) is 8.05. The summed E-state index contributed by atoms with van der Waals surface area (Å²) >= 11 is 0. The minimum Gasteiger partial charge on any atom is -0.497 e. The first-order valence-electron chi connectivity index (χ1n) is 8.32. The van der Waals surface area contributed by atoms with E-state index in [4.69, 9.17) is 9.47 Å². The minimum atomic E-state index is -3.71. The Balaban J connectivity index is 2.24. The molecule has 0 spiro atoms. The monoisotopic (exact) mass is 370 g/mol. The summed E-state index contributed by atoms with van der Waals surface area (Å²) in [5.74, 6) is 0.741. The zero-order valence-corrected chi connectivity index (χ0v) is 16.0. The molecule has 1 heterocycles. The van der Waals surface area contributed by atoms with E-state index >= 15 is 0 Å². The van der Waals surface area contributed by atoms with Gasteiger partial charge in [-0.15, -0.1) is 0 Å². The Kier molecular flexibility index (Phi) is 6.29. The third kappa shape index (κ3) is 4.24. The van der Waals surface area contributed by atoms with Crippen molar-refractivity contribution in [2.45, 2.75) is 25.2 Å². The fourth-order valence-corrected chi connectivity index (χ4v) is 4.45. The van der Waals surface area contributed by atoms with Gasteiger partial charge in [0.2, 0.25) is 15.9 Å². The molecule has 8 heteroatoms. The van der Waals surface area contributed by atoms with Gasteiger partial charge in [-0.2, -0.15) is 4.31 Å². The third-order valence-corrected chi connectivity index (χ3v) is 6.19. The van der Waals surface area contributed by atoms with E-state index in [-0.39, 0.29) is 29.0 Å². The Morgan fingerprint density at radius 2 is 1.80 bits per heavy atom. The molecule has 0 radical (unpaired) electrons. The van der Waals surface area contributed by atoms with Crippen LogP contribution in [0, 0.1) is 5.92 Å². The van der Waals surface area contributed by atoms with Crippen LogP contribution in [0.5, 0.6) is 11.5 Å². The molecule has 1 aromatic carbocycles. The molecule has 1 aliphatic rings. The number of benzene rings is 1. The van der Waals surface area contributed by atoms with Crippen LogP contribution in [0.2, 0.25) is 0 Å². The van der Waals surface area contributed by atoms with Crippen molar-refractivity contribution in [2.75, 3.05) is 40.4 Å². The summed E-state index contributed by atoms with van der Waals surface area (Å²) in [6.07, 6.45) is 0.607. The smallest absolute Gasteiger partial charge is 0.246 e. The first-order chi connectivity index (χ1) is 11.8. The second-order valence-electron chi connectivity index (χ2n) is 6.25. The molecule has 1 fully saturated rings. The Bertz CT molecular complexity index is 718. The molecular weight excluding hydrogens is 344 g/mol. The van der Waals surface area contributed by atoms with Crippen LogP contribution < -0.4 is 9.47 Å². The van der Waals surface area contributed by atoms with E-state index in [1.54, 1.807) is 17.0 Å². The van der Waals surface area contributed by atoms with E-state index in [0.29, 0.717) is 31.8 Å². The number of methoxy groups -OCH3 is 2. The molecule has 0 N–H and O–H groups in total. The lowest BCUT2D eigenvalue weighted by Crippen LogP contribution is -2.39. The maximum atomic E-state index is 13.0. The van der Waals surface area contributed by atoms with Crippen molar-refractivity contribution in [3.8, 4) is 11.5 Å². The number of carbonyl (C=O) groups is 1. The van der Waals surface area contributed by atoms with Crippen molar-refractivity contribution in [2.24, 2.45) is 5.92 Å². The Hall–Kier alpha value is -1.80. The zero-order chi connectivity index (χ0) is 18.6. The van der Waals surface area contributed by atoms with Crippen molar-refractivity contribution in [1.29, 1.82) is 0 Å². The summed E-state index contributed by atoms with van der Waals surface area (Å²) in [5.41, 5.74) is 0. The average molecular weight is 370 g/mol. The highest BCUT2D eigenvalue weighted by Gasteiger charge is 2.31. The molecule has 25 heavy (non-hydrogen) atoms. The molecule has 0 unspecified atom stereocenters. The summed E-state index contributed by atoms with van der Waals surface area (Å²) in [6.45, 7) is 5.32. The fourth-order valence-electron chi connectivity index (χ4n) is 2.85. The van der Waals surface area contributed by atoms with Gasteiger partial charge < -0.3 is 14.4 Å². The molecule has 1 aliphatic heterocycles. The number of amides is 1. The van der Waals surface area contributed by atoms with Gasteiger partial charge in [0.05, 0.1) is 14.2 Å². The van der Waals surface area contributed by atoms with E-state index in [2.05, 4.69) is 0 Å². The first-order valence-corrected chi connectivity index (χ1v) is 9.76. The van der Waals surface area contributed by atoms with E-state index in [9.17, 15) is 13.2 Å². The van der Waals surface area contributed by atoms with Crippen LogP contribution in [0.1, 0.15) is 20.3 Å².